The van der Waals surface area contributed by atoms with Gasteiger partial charge in [0.15, 0.2) is 11.4 Å². The Labute approximate surface area is 198 Å². The molecule has 2 heterocycles. The summed E-state index contributed by atoms with van der Waals surface area (Å²) in [5.41, 5.74) is 0.333. The van der Waals surface area contributed by atoms with Gasteiger partial charge in [0.25, 0.3) is 0 Å². The molecule has 12 heteroatoms. The monoisotopic (exact) mass is 510 g/mol. The van der Waals surface area contributed by atoms with Crippen LogP contribution in [0.2, 0.25) is 0 Å². The second-order valence-corrected chi connectivity index (χ2v) is 8.04. The third-order valence-corrected chi connectivity index (χ3v) is 5.76. The molecule has 2 aromatic heterocycles. The van der Waals surface area contributed by atoms with E-state index in [1.54, 1.807) is 6.92 Å². The molecule has 0 aliphatic heterocycles. The van der Waals surface area contributed by atoms with E-state index < -0.39 is 35.2 Å². The minimum absolute atomic E-state index is 0.126. The average Bonchev–Trinajstić information content (AvgIpc) is 3.45. The van der Waals surface area contributed by atoms with Gasteiger partial charge in [0.1, 0.15) is 23.3 Å². The molecule has 0 radical (unpaired) electrons. The second-order valence-electron chi connectivity index (χ2n) is 6.43. The number of carboxylic acid groups (broad SMARTS) is 1. The van der Waals surface area contributed by atoms with E-state index in [1.807, 2.05) is 0 Å². The van der Waals surface area contributed by atoms with E-state index in [0.717, 1.165) is 47.3 Å². The summed E-state index contributed by atoms with van der Waals surface area (Å²) in [5.74, 6) is -4.47. The Bertz CT molecular complexity index is 1340. The number of carboxylic acids is 1. The fraction of sp³-hybridized carbons (Fsp3) is 0.0909. The Hall–Kier alpha value is -3.64. The minimum atomic E-state index is -1.18. The molecule has 0 saturated carbocycles. The molecular weight excluding hydrogens is 496 g/mol. The molecule has 0 saturated heterocycles. The van der Waals surface area contributed by atoms with Crippen molar-refractivity contribution >= 4 is 35.0 Å². The van der Waals surface area contributed by atoms with E-state index in [2.05, 4.69) is 8.75 Å². The predicted octanol–water partition coefficient (Wildman–Crippen LogP) is 6.05. The Kier molecular flexibility index (Phi) is 8.08. The summed E-state index contributed by atoms with van der Waals surface area (Å²) in [6.07, 6.45) is 0. The van der Waals surface area contributed by atoms with Crippen LogP contribution in [0.15, 0.2) is 48.5 Å². The molecular formula is C22H14F4N2O4S2. The van der Waals surface area contributed by atoms with Crippen LogP contribution >= 0.6 is 23.1 Å². The van der Waals surface area contributed by atoms with Crippen molar-refractivity contribution in [3.05, 3.63) is 83.2 Å². The van der Waals surface area contributed by atoms with Crippen molar-refractivity contribution in [3.8, 4) is 20.9 Å². The Morgan fingerprint density at radius 1 is 0.824 bits per heavy atom. The van der Waals surface area contributed by atoms with Crippen LogP contribution in [-0.2, 0) is 4.74 Å². The first-order chi connectivity index (χ1) is 16.2. The number of carbonyl (C=O) groups excluding carboxylic acids is 1. The first kappa shape index (κ1) is 25.0. The Morgan fingerprint density at radius 3 is 1.71 bits per heavy atom. The van der Waals surface area contributed by atoms with Crippen LogP contribution in [0.3, 0.4) is 0 Å². The zero-order valence-electron chi connectivity index (χ0n) is 17.2. The Morgan fingerprint density at radius 2 is 1.29 bits per heavy atom. The minimum Gasteiger partial charge on any atom is -0.476 e. The van der Waals surface area contributed by atoms with Crippen molar-refractivity contribution in [2.24, 2.45) is 0 Å². The highest BCUT2D eigenvalue weighted by molar-refractivity contribution is 7.10. The van der Waals surface area contributed by atoms with Crippen LogP contribution in [0, 0.1) is 23.3 Å². The van der Waals surface area contributed by atoms with Crippen molar-refractivity contribution in [1.29, 1.82) is 0 Å². The third kappa shape index (κ3) is 6.02. The van der Waals surface area contributed by atoms with Gasteiger partial charge >= 0.3 is 11.9 Å². The normalized spacial score (nSPS) is 10.4. The fourth-order valence-electron chi connectivity index (χ4n) is 2.58. The van der Waals surface area contributed by atoms with Gasteiger partial charge in [0.05, 0.1) is 16.4 Å². The molecule has 0 aliphatic rings. The number of benzene rings is 2. The van der Waals surface area contributed by atoms with Crippen molar-refractivity contribution in [1.82, 2.24) is 8.75 Å². The summed E-state index contributed by atoms with van der Waals surface area (Å²) < 4.78 is 64.6. The quantitative estimate of drug-likeness (QED) is 0.260. The summed E-state index contributed by atoms with van der Waals surface area (Å²) in [4.78, 5) is 22.8. The smallest absolute Gasteiger partial charge is 0.358 e. The van der Waals surface area contributed by atoms with Gasteiger partial charge in [-0.25, -0.2) is 27.2 Å². The average molecular weight is 510 g/mol. The first-order valence-corrected chi connectivity index (χ1v) is 11.0. The van der Waals surface area contributed by atoms with Crippen LogP contribution in [0.25, 0.3) is 20.9 Å². The number of esters is 1. The molecule has 4 aromatic rings. The number of ether oxygens (including phenoxy) is 1. The van der Waals surface area contributed by atoms with Crippen LogP contribution < -0.4 is 0 Å². The number of aromatic carboxylic acids is 1. The lowest BCUT2D eigenvalue weighted by atomic mass is 10.1. The number of carbonyl (C=O) groups is 2. The van der Waals surface area contributed by atoms with Crippen LogP contribution in [-0.4, -0.2) is 32.4 Å². The summed E-state index contributed by atoms with van der Waals surface area (Å²) in [5, 5.41) is 8.65. The molecule has 0 fully saturated rings. The first-order valence-electron chi connectivity index (χ1n) is 9.44. The van der Waals surface area contributed by atoms with Gasteiger partial charge in [-0.1, -0.05) is 0 Å². The maximum Gasteiger partial charge on any atom is 0.358 e. The number of halogens is 4. The molecule has 2 aromatic carbocycles. The highest BCUT2D eigenvalue weighted by Crippen LogP contribution is 2.29. The number of aromatic nitrogens is 2. The van der Waals surface area contributed by atoms with Crippen molar-refractivity contribution in [2.45, 2.75) is 6.92 Å². The van der Waals surface area contributed by atoms with Gasteiger partial charge in [0, 0.05) is 23.3 Å². The van der Waals surface area contributed by atoms with Gasteiger partial charge in [0.2, 0.25) is 0 Å². The molecule has 0 aliphatic carbocycles. The number of hydrogen-bond donors (Lipinski definition) is 1. The van der Waals surface area contributed by atoms with Gasteiger partial charge in [-0.15, -0.1) is 0 Å². The molecule has 0 amide bonds. The van der Waals surface area contributed by atoms with Gasteiger partial charge in [-0.05, 0) is 66.4 Å². The molecule has 0 unspecified atom stereocenters. The lowest BCUT2D eigenvalue weighted by Crippen LogP contribution is -2.04. The van der Waals surface area contributed by atoms with E-state index in [0.29, 0.717) is 9.75 Å². The van der Waals surface area contributed by atoms with E-state index in [9.17, 15) is 27.2 Å². The third-order valence-electron chi connectivity index (χ3n) is 4.12. The summed E-state index contributed by atoms with van der Waals surface area (Å²) in [6, 6.07) is 9.05. The largest absolute Gasteiger partial charge is 0.476 e. The van der Waals surface area contributed by atoms with Crippen LogP contribution in [0.1, 0.15) is 27.9 Å². The molecule has 34 heavy (non-hydrogen) atoms. The van der Waals surface area contributed by atoms with Gasteiger partial charge < -0.3 is 9.84 Å². The predicted molar refractivity (Wildman–Crippen MR) is 118 cm³/mol. The van der Waals surface area contributed by atoms with E-state index >= 15 is 0 Å². The lowest BCUT2D eigenvalue weighted by Gasteiger charge is -1.98. The standard InChI is InChI=1S/C12H9F2NO2S.C10H5F2NO2S/c1-2-17-12(16)10-6-11(18-15-10)8-4-3-7(13)5-9(8)14;11-5-1-2-6(7(12)3-5)9-4-8(10(14)15)13-16-9/h3-6H,2H2,1H3;1-4H,(H,14,15). The molecule has 0 bridgehead atoms. The second kappa shape index (κ2) is 11.0. The lowest BCUT2D eigenvalue weighted by molar-refractivity contribution is 0.0520. The van der Waals surface area contributed by atoms with Crippen molar-refractivity contribution in [2.75, 3.05) is 6.61 Å². The Balaban J connectivity index is 0.000000192. The van der Waals surface area contributed by atoms with Crippen molar-refractivity contribution in [3.63, 3.8) is 0 Å². The van der Waals surface area contributed by atoms with E-state index in [4.69, 9.17) is 9.84 Å². The summed E-state index contributed by atoms with van der Waals surface area (Å²) in [6.45, 7) is 1.93. The molecule has 4 rings (SSSR count). The number of rotatable bonds is 5. The maximum atomic E-state index is 13.5. The van der Waals surface area contributed by atoms with Crippen molar-refractivity contribution < 1.29 is 37.0 Å². The zero-order valence-corrected chi connectivity index (χ0v) is 18.9. The summed E-state index contributed by atoms with van der Waals surface area (Å²) in [7, 11) is 0. The van der Waals surface area contributed by atoms with E-state index in [-0.39, 0.29) is 29.1 Å². The van der Waals surface area contributed by atoms with E-state index in [1.165, 1.54) is 24.3 Å². The highest BCUT2D eigenvalue weighted by Gasteiger charge is 2.15. The number of nitrogens with zero attached hydrogens (tertiary/aromatic N) is 2. The molecule has 6 nitrogen and oxygen atoms in total. The van der Waals surface area contributed by atoms with Gasteiger partial charge in [-0.3, -0.25) is 0 Å². The topological polar surface area (TPSA) is 89.4 Å². The summed E-state index contributed by atoms with van der Waals surface area (Å²) >= 11 is 1.82. The molecule has 0 spiro atoms. The number of hydrogen-bond acceptors (Lipinski definition) is 7. The maximum absolute atomic E-state index is 13.5. The highest BCUT2D eigenvalue weighted by atomic mass is 32.1. The van der Waals surface area contributed by atoms with Crippen LogP contribution in [0.4, 0.5) is 17.6 Å². The van der Waals surface area contributed by atoms with Gasteiger partial charge in [-0.2, -0.15) is 8.75 Å². The zero-order chi connectivity index (χ0) is 24.8. The van der Waals surface area contributed by atoms with Crippen LogP contribution in [0.5, 0.6) is 0 Å². The molecule has 1 N–H and O–H groups in total. The molecule has 176 valence electrons. The molecule has 0 atom stereocenters. The fourth-order valence-corrected chi connectivity index (χ4v) is 4.09. The SMILES string of the molecule is CCOC(=O)c1cc(-c2ccc(F)cc2F)sn1.O=C(O)c1cc(-c2ccc(F)cc2F)sn1.